The van der Waals surface area contributed by atoms with Gasteiger partial charge in [0, 0.05) is 36.7 Å². The Kier molecular flexibility index (Phi) is 4.37. The van der Waals surface area contributed by atoms with Crippen molar-refractivity contribution in [3.05, 3.63) is 29.3 Å². The summed E-state index contributed by atoms with van der Waals surface area (Å²) >= 11 is 0. The van der Waals surface area contributed by atoms with Gasteiger partial charge in [-0.15, -0.1) is 0 Å². The summed E-state index contributed by atoms with van der Waals surface area (Å²) in [4.78, 5) is 2.43. The van der Waals surface area contributed by atoms with Crippen molar-refractivity contribution in [2.45, 2.75) is 57.7 Å². The molecule has 0 saturated carbocycles. The van der Waals surface area contributed by atoms with Crippen LogP contribution in [0, 0.1) is 17.8 Å². The highest BCUT2D eigenvalue weighted by Gasteiger charge is 2.56. The molecule has 4 nitrogen and oxygen atoms in total. The normalized spacial score (nSPS) is 35.6. The van der Waals surface area contributed by atoms with Gasteiger partial charge < -0.3 is 20.1 Å². The van der Waals surface area contributed by atoms with E-state index in [-0.39, 0.29) is 23.8 Å². The molecule has 0 aromatic heterocycles. The summed E-state index contributed by atoms with van der Waals surface area (Å²) in [6.45, 7) is 11.2. The fraction of sp³-hybridized carbons (Fsp3) is 0.727. The third-order valence-electron chi connectivity index (χ3n) is 6.64. The highest BCUT2D eigenvalue weighted by molar-refractivity contribution is 5.48. The molecule has 4 rings (SSSR count). The van der Waals surface area contributed by atoms with Gasteiger partial charge in [0.2, 0.25) is 0 Å². The van der Waals surface area contributed by atoms with E-state index >= 15 is 0 Å². The van der Waals surface area contributed by atoms with Crippen molar-refractivity contribution in [3.63, 3.8) is 0 Å². The van der Waals surface area contributed by atoms with Crippen LogP contribution in [-0.2, 0) is 6.42 Å². The van der Waals surface area contributed by atoms with Crippen molar-refractivity contribution in [2.75, 3.05) is 26.7 Å². The monoisotopic (exact) mass is 358 g/mol. The van der Waals surface area contributed by atoms with Gasteiger partial charge in [0.15, 0.2) is 0 Å². The molecule has 3 aliphatic rings. The first kappa shape index (κ1) is 18.3. The molecule has 1 aromatic carbocycles. The minimum Gasteiger partial charge on any atom is -0.487 e. The summed E-state index contributed by atoms with van der Waals surface area (Å²) < 4.78 is 6.38. The zero-order chi connectivity index (χ0) is 18.7. The lowest BCUT2D eigenvalue weighted by Gasteiger charge is -2.36. The molecule has 0 amide bonds. The van der Waals surface area contributed by atoms with E-state index in [0.29, 0.717) is 17.8 Å². The van der Waals surface area contributed by atoms with Crippen LogP contribution in [0.4, 0.5) is 0 Å². The van der Waals surface area contributed by atoms with Crippen molar-refractivity contribution < 1.29 is 9.84 Å². The third-order valence-corrected chi connectivity index (χ3v) is 6.64. The second-order valence-electron chi connectivity index (χ2n) is 9.90. The number of benzene rings is 1. The van der Waals surface area contributed by atoms with Gasteiger partial charge in [-0.05, 0) is 50.6 Å². The Balaban J connectivity index is 1.73. The van der Waals surface area contributed by atoms with E-state index in [1.807, 2.05) is 0 Å². The molecule has 26 heavy (non-hydrogen) atoms. The zero-order valence-corrected chi connectivity index (χ0v) is 16.9. The summed E-state index contributed by atoms with van der Waals surface area (Å²) in [5.74, 6) is 2.64. The SMILES string of the molecule is CC(C)C[C@@]1(CO)N[C@H](c2cccc3c2OC(C)(C)C3)[C@@H]2CN(C)C[C@@H]21. The first-order chi connectivity index (χ1) is 12.2. The van der Waals surface area contributed by atoms with Crippen LogP contribution in [0.15, 0.2) is 18.2 Å². The van der Waals surface area contributed by atoms with Crippen LogP contribution in [0.25, 0.3) is 0 Å². The third kappa shape index (κ3) is 2.87. The van der Waals surface area contributed by atoms with Crippen molar-refractivity contribution in [1.82, 2.24) is 10.2 Å². The van der Waals surface area contributed by atoms with Crippen LogP contribution in [-0.4, -0.2) is 47.9 Å². The fourth-order valence-corrected chi connectivity index (χ4v) is 5.84. The molecule has 4 heteroatoms. The van der Waals surface area contributed by atoms with Gasteiger partial charge in [-0.3, -0.25) is 0 Å². The highest BCUT2D eigenvalue weighted by atomic mass is 16.5. The van der Waals surface area contributed by atoms with Gasteiger partial charge in [0.1, 0.15) is 11.4 Å². The molecule has 144 valence electrons. The quantitative estimate of drug-likeness (QED) is 0.868. The summed E-state index contributed by atoms with van der Waals surface area (Å²) in [6, 6.07) is 6.86. The molecule has 4 atom stereocenters. The Hall–Kier alpha value is -1.10. The smallest absolute Gasteiger partial charge is 0.128 e. The minimum absolute atomic E-state index is 0.130. The van der Waals surface area contributed by atoms with E-state index in [0.717, 1.165) is 31.7 Å². The first-order valence-electron chi connectivity index (χ1n) is 10.1. The van der Waals surface area contributed by atoms with Crippen LogP contribution >= 0.6 is 0 Å². The Morgan fingerprint density at radius 1 is 1.31 bits per heavy atom. The molecule has 3 aliphatic heterocycles. The summed E-state index contributed by atoms with van der Waals surface area (Å²) in [6.07, 6.45) is 1.98. The van der Waals surface area contributed by atoms with Gasteiger partial charge in [-0.25, -0.2) is 0 Å². The van der Waals surface area contributed by atoms with Crippen molar-refractivity contribution in [2.24, 2.45) is 17.8 Å². The molecule has 0 radical (unpaired) electrons. The van der Waals surface area contributed by atoms with Crippen LogP contribution in [0.5, 0.6) is 5.75 Å². The van der Waals surface area contributed by atoms with Crippen LogP contribution in [0.2, 0.25) is 0 Å². The summed E-state index contributed by atoms with van der Waals surface area (Å²) in [5.41, 5.74) is 2.29. The van der Waals surface area contributed by atoms with Gasteiger partial charge in [-0.2, -0.15) is 0 Å². The van der Waals surface area contributed by atoms with Crippen LogP contribution in [0.3, 0.4) is 0 Å². The molecule has 1 aromatic rings. The number of rotatable bonds is 4. The molecule has 2 saturated heterocycles. The molecule has 2 N–H and O–H groups in total. The van der Waals surface area contributed by atoms with E-state index in [9.17, 15) is 5.11 Å². The van der Waals surface area contributed by atoms with Crippen molar-refractivity contribution in [1.29, 1.82) is 0 Å². The largest absolute Gasteiger partial charge is 0.487 e. The summed E-state index contributed by atoms with van der Waals surface area (Å²) in [5, 5.41) is 14.4. The molecule has 2 fully saturated rings. The lowest BCUT2D eigenvalue weighted by atomic mass is 9.76. The molecule has 3 heterocycles. The first-order valence-corrected chi connectivity index (χ1v) is 10.1. The predicted octanol–water partition coefficient (Wildman–Crippen LogP) is 3.00. The fourth-order valence-electron chi connectivity index (χ4n) is 5.84. The van der Waals surface area contributed by atoms with E-state index in [2.05, 4.69) is 63.2 Å². The number of hydrogen-bond acceptors (Lipinski definition) is 4. The number of para-hydroxylation sites is 1. The Labute approximate surface area is 157 Å². The van der Waals surface area contributed by atoms with Crippen LogP contribution < -0.4 is 10.1 Å². The zero-order valence-electron chi connectivity index (χ0n) is 16.9. The second-order valence-corrected chi connectivity index (χ2v) is 9.90. The molecule has 0 unspecified atom stereocenters. The number of nitrogens with one attached hydrogen (secondary N) is 1. The number of nitrogens with zero attached hydrogens (tertiary/aromatic N) is 1. The number of hydrogen-bond donors (Lipinski definition) is 2. The van der Waals surface area contributed by atoms with Gasteiger partial charge in [0.25, 0.3) is 0 Å². The average Bonchev–Trinajstić information content (AvgIpc) is 3.16. The summed E-state index contributed by atoms with van der Waals surface area (Å²) in [7, 11) is 2.21. The lowest BCUT2D eigenvalue weighted by molar-refractivity contribution is 0.108. The van der Waals surface area contributed by atoms with Gasteiger partial charge in [-0.1, -0.05) is 32.0 Å². The van der Waals surface area contributed by atoms with Gasteiger partial charge in [0.05, 0.1) is 6.61 Å². The lowest BCUT2D eigenvalue weighted by Crippen LogP contribution is -2.51. The van der Waals surface area contributed by atoms with E-state index in [4.69, 9.17) is 4.74 Å². The number of ether oxygens (including phenoxy) is 1. The maximum absolute atomic E-state index is 10.4. The minimum atomic E-state index is -0.189. The van der Waals surface area contributed by atoms with Crippen molar-refractivity contribution >= 4 is 0 Å². The Morgan fingerprint density at radius 3 is 2.77 bits per heavy atom. The molecular formula is C22H34N2O2. The average molecular weight is 359 g/mol. The standard InChI is InChI=1S/C22H34N2O2/c1-14(2)9-22(13-25)18-12-24(5)11-17(18)19(23-22)16-8-6-7-15-10-21(3,4)26-20(15)16/h6-8,14,17-19,23,25H,9-13H2,1-5H3/t17-,18+,19-,22+/m1/s1. The maximum atomic E-state index is 10.4. The van der Waals surface area contributed by atoms with Crippen LogP contribution in [0.1, 0.15) is 51.3 Å². The number of aliphatic hydroxyl groups excluding tert-OH is 1. The number of likely N-dealkylation sites (tertiary alicyclic amines) is 1. The highest BCUT2D eigenvalue weighted by Crippen LogP contribution is 2.52. The van der Waals surface area contributed by atoms with E-state index in [1.54, 1.807) is 0 Å². The van der Waals surface area contributed by atoms with E-state index in [1.165, 1.54) is 11.1 Å². The topological polar surface area (TPSA) is 44.7 Å². The molecular weight excluding hydrogens is 324 g/mol. The van der Waals surface area contributed by atoms with E-state index < -0.39 is 0 Å². The van der Waals surface area contributed by atoms with Gasteiger partial charge >= 0.3 is 0 Å². The van der Waals surface area contributed by atoms with Crippen molar-refractivity contribution in [3.8, 4) is 5.75 Å². The Morgan fingerprint density at radius 2 is 2.08 bits per heavy atom. The molecule has 0 bridgehead atoms. The maximum Gasteiger partial charge on any atom is 0.128 e. The number of aliphatic hydroxyl groups is 1. The second kappa shape index (κ2) is 6.22. The molecule has 0 aliphatic carbocycles. The molecule has 0 spiro atoms. The predicted molar refractivity (Wildman–Crippen MR) is 104 cm³/mol. The number of fused-ring (bicyclic) bond motifs is 2. The Bertz CT molecular complexity index is 687.